The Morgan fingerprint density at radius 2 is 1.79 bits per heavy atom. The Morgan fingerprint density at radius 1 is 1.09 bits per heavy atom. The molecule has 0 aliphatic heterocycles. The first-order valence-corrected chi connectivity index (χ1v) is 12.5. The first-order chi connectivity index (χ1) is 16.1. The summed E-state index contributed by atoms with van der Waals surface area (Å²) in [6.07, 6.45) is 2.07. The number of carbonyl (C=O) groups is 1. The van der Waals surface area contributed by atoms with E-state index in [4.69, 9.17) is 5.14 Å². The van der Waals surface area contributed by atoms with E-state index in [1.807, 2.05) is 6.92 Å². The van der Waals surface area contributed by atoms with Crippen molar-refractivity contribution in [1.29, 1.82) is 0 Å². The number of nitrogens with zero attached hydrogens (tertiary/aromatic N) is 2. The normalized spacial score (nSPS) is 11.8. The summed E-state index contributed by atoms with van der Waals surface area (Å²) < 4.78 is 66.6. The predicted molar refractivity (Wildman–Crippen MR) is 121 cm³/mol. The lowest BCUT2D eigenvalue weighted by atomic mass is 10.0. The van der Waals surface area contributed by atoms with E-state index < -0.39 is 43.7 Å². The zero-order valence-corrected chi connectivity index (χ0v) is 19.2. The third-order valence-electron chi connectivity index (χ3n) is 4.96. The summed E-state index contributed by atoms with van der Waals surface area (Å²) >= 11 is 0.859. The lowest BCUT2D eigenvalue weighted by molar-refractivity contribution is 0.102. The van der Waals surface area contributed by atoms with Gasteiger partial charge >= 0.3 is 0 Å². The van der Waals surface area contributed by atoms with Crippen molar-refractivity contribution in [2.24, 2.45) is 5.14 Å². The molecule has 0 saturated heterocycles. The molecule has 0 unspecified atom stereocenters. The molecule has 0 saturated carbocycles. The standard InChI is InChI=1S/C22H17F3N4O3S2/c1-2-7-33-21-16(24)9-15(23)17(18(21)25)20(30)19-14-8-12(10-27-22(14)29-28-19)11-3-5-13(6-4-11)34(26,31)32/h3-6,8-10H,2,7H2,1H3,(H2,26,31,32)(H,27,28,29). The van der Waals surface area contributed by atoms with Crippen molar-refractivity contribution >= 4 is 38.6 Å². The Hall–Kier alpha value is -3.22. The molecule has 0 atom stereocenters. The highest BCUT2D eigenvalue weighted by Gasteiger charge is 2.27. The Kier molecular flexibility index (Phi) is 6.47. The molecule has 12 heteroatoms. The Morgan fingerprint density at radius 3 is 2.44 bits per heavy atom. The van der Waals surface area contributed by atoms with Crippen LogP contribution in [-0.2, 0) is 10.0 Å². The molecule has 0 bridgehead atoms. The molecule has 3 N–H and O–H groups in total. The number of benzene rings is 2. The first kappa shape index (κ1) is 23.9. The van der Waals surface area contributed by atoms with Crippen molar-refractivity contribution in [1.82, 2.24) is 15.2 Å². The molecule has 0 spiro atoms. The van der Waals surface area contributed by atoms with E-state index in [9.17, 15) is 22.0 Å². The lowest BCUT2D eigenvalue weighted by Crippen LogP contribution is -2.11. The minimum Gasteiger partial charge on any atom is -0.287 e. The second-order valence-corrected chi connectivity index (χ2v) is 9.97. The highest BCUT2D eigenvalue weighted by atomic mass is 32.2. The third-order valence-corrected chi connectivity index (χ3v) is 7.16. The zero-order valence-electron chi connectivity index (χ0n) is 17.6. The van der Waals surface area contributed by atoms with Crippen LogP contribution >= 0.6 is 11.8 Å². The highest BCUT2D eigenvalue weighted by molar-refractivity contribution is 7.99. The van der Waals surface area contributed by atoms with Crippen molar-refractivity contribution in [3.63, 3.8) is 0 Å². The van der Waals surface area contributed by atoms with E-state index in [1.165, 1.54) is 36.5 Å². The molecular weight excluding hydrogens is 489 g/mol. The van der Waals surface area contributed by atoms with Crippen LogP contribution in [0.25, 0.3) is 22.2 Å². The Bertz CT molecular complexity index is 1520. The van der Waals surface area contributed by atoms with Crippen molar-refractivity contribution in [3.05, 3.63) is 71.3 Å². The monoisotopic (exact) mass is 506 g/mol. The molecule has 4 aromatic rings. The van der Waals surface area contributed by atoms with E-state index in [2.05, 4.69) is 15.2 Å². The van der Waals surface area contributed by atoms with E-state index in [-0.39, 0.29) is 21.6 Å². The number of rotatable bonds is 7. The SMILES string of the molecule is CCCSc1c(F)cc(F)c(C(=O)c2[nH]nc3ncc(-c4ccc(S(N)(=O)=O)cc4)cc23)c1F. The number of halogens is 3. The molecule has 0 fully saturated rings. The summed E-state index contributed by atoms with van der Waals surface area (Å²) in [5, 5.41) is 11.7. The number of nitrogens with one attached hydrogen (secondary N) is 1. The van der Waals surface area contributed by atoms with Gasteiger partial charge in [-0.1, -0.05) is 19.1 Å². The Balaban J connectivity index is 1.78. The number of pyridine rings is 1. The van der Waals surface area contributed by atoms with Gasteiger partial charge in [-0.25, -0.2) is 31.7 Å². The number of ketones is 1. The summed E-state index contributed by atoms with van der Waals surface area (Å²) in [7, 11) is -3.87. The highest BCUT2D eigenvalue weighted by Crippen LogP contribution is 2.32. The van der Waals surface area contributed by atoms with Crippen LogP contribution in [0, 0.1) is 17.5 Å². The molecule has 2 aromatic carbocycles. The minimum atomic E-state index is -3.87. The predicted octanol–water partition coefficient (Wildman–Crippen LogP) is 4.42. The van der Waals surface area contributed by atoms with Crippen LogP contribution < -0.4 is 5.14 Å². The minimum absolute atomic E-state index is 0.0801. The maximum atomic E-state index is 15.0. The van der Waals surface area contributed by atoms with E-state index in [1.54, 1.807) is 0 Å². The fourth-order valence-electron chi connectivity index (χ4n) is 3.31. The van der Waals surface area contributed by atoms with Gasteiger partial charge in [0.25, 0.3) is 0 Å². The smallest absolute Gasteiger partial charge is 0.238 e. The van der Waals surface area contributed by atoms with Gasteiger partial charge in [0.15, 0.2) is 11.5 Å². The van der Waals surface area contributed by atoms with Gasteiger partial charge in [0, 0.05) is 17.8 Å². The number of nitrogens with two attached hydrogens (primary N) is 1. The van der Waals surface area contributed by atoms with Gasteiger partial charge in [0.1, 0.15) is 17.3 Å². The zero-order chi connectivity index (χ0) is 24.6. The number of aromatic nitrogens is 3. The van der Waals surface area contributed by atoms with Crippen LogP contribution in [0.15, 0.2) is 52.4 Å². The second-order valence-electron chi connectivity index (χ2n) is 7.30. The number of fused-ring (bicyclic) bond motifs is 1. The molecule has 0 aliphatic carbocycles. The summed E-state index contributed by atoms with van der Waals surface area (Å²) in [4.78, 5) is 16.8. The number of carbonyl (C=O) groups excluding carboxylic acids is 1. The number of H-pyrrole nitrogens is 1. The lowest BCUT2D eigenvalue weighted by Gasteiger charge is -2.09. The first-order valence-electron chi connectivity index (χ1n) is 9.94. The topological polar surface area (TPSA) is 119 Å². The molecule has 0 amide bonds. The molecule has 2 heterocycles. The Labute approximate surface area is 196 Å². The van der Waals surface area contributed by atoms with Gasteiger partial charge < -0.3 is 0 Å². The van der Waals surface area contributed by atoms with Crippen molar-refractivity contribution < 1.29 is 26.4 Å². The van der Waals surface area contributed by atoms with Crippen LogP contribution in [0.3, 0.4) is 0 Å². The number of hydrogen-bond donors (Lipinski definition) is 2. The molecule has 2 aromatic heterocycles. The largest absolute Gasteiger partial charge is 0.287 e. The average molecular weight is 507 g/mol. The van der Waals surface area contributed by atoms with E-state index in [0.29, 0.717) is 29.4 Å². The second kappa shape index (κ2) is 9.20. The van der Waals surface area contributed by atoms with E-state index >= 15 is 4.39 Å². The summed E-state index contributed by atoms with van der Waals surface area (Å²) in [6, 6.07) is 7.65. The third kappa shape index (κ3) is 4.43. The maximum Gasteiger partial charge on any atom is 0.238 e. The van der Waals surface area contributed by atoms with Gasteiger partial charge in [-0.2, -0.15) is 5.10 Å². The summed E-state index contributed by atoms with van der Waals surface area (Å²) in [5.74, 6) is -4.33. The van der Waals surface area contributed by atoms with Crippen LogP contribution in [-0.4, -0.2) is 35.1 Å². The van der Waals surface area contributed by atoms with Crippen LogP contribution in [0.4, 0.5) is 13.2 Å². The number of primary sulfonamides is 1. The molecule has 176 valence electrons. The van der Waals surface area contributed by atoms with Gasteiger partial charge in [-0.3, -0.25) is 9.89 Å². The number of aromatic amines is 1. The molecule has 34 heavy (non-hydrogen) atoms. The molecule has 0 radical (unpaired) electrons. The van der Waals surface area contributed by atoms with Crippen LogP contribution in [0.5, 0.6) is 0 Å². The fourth-order valence-corrected chi connectivity index (χ4v) is 4.66. The van der Waals surface area contributed by atoms with Gasteiger partial charge in [-0.05, 0) is 35.9 Å². The molecular formula is C22H17F3N4O3S2. The molecule has 7 nitrogen and oxygen atoms in total. The van der Waals surface area contributed by atoms with E-state index in [0.717, 1.165) is 11.8 Å². The average Bonchev–Trinajstić information content (AvgIpc) is 3.21. The molecule has 4 rings (SSSR count). The summed E-state index contributed by atoms with van der Waals surface area (Å²) in [5.41, 5.74) is 0.0496. The fraction of sp³-hybridized carbons (Fsp3) is 0.136. The number of hydrogen-bond acceptors (Lipinski definition) is 6. The number of thioether (sulfide) groups is 1. The van der Waals surface area contributed by atoms with Gasteiger partial charge in [-0.15, -0.1) is 11.8 Å². The summed E-state index contributed by atoms with van der Waals surface area (Å²) in [6.45, 7) is 1.82. The molecule has 0 aliphatic rings. The van der Waals surface area contributed by atoms with Crippen molar-refractivity contribution in [2.75, 3.05) is 5.75 Å². The van der Waals surface area contributed by atoms with Crippen molar-refractivity contribution in [3.8, 4) is 11.1 Å². The van der Waals surface area contributed by atoms with Crippen LogP contribution in [0.1, 0.15) is 29.4 Å². The maximum absolute atomic E-state index is 15.0. The van der Waals surface area contributed by atoms with Gasteiger partial charge in [0.05, 0.1) is 20.7 Å². The number of sulfonamides is 1. The van der Waals surface area contributed by atoms with Crippen LogP contribution in [0.2, 0.25) is 0 Å². The quantitative estimate of drug-likeness (QED) is 0.283. The van der Waals surface area contributed by atoms with Gasteiger partial charge in [0.2, 0.25) is 15.8 Å². The van der Waals surface area contributed by atoms with Crippen molar-refractivity contribution in [2.45, 2.75) is 23.1 Å².